The van der Waals surface area contributed by atoms with Gasteiger partial charge in [0, 0.05) is 43.7 Å². The van der Waals surface area contributed by atoms with Crippen LogP contribution in [-0.4, -0.2) is 46.1 Å². The third-order valence-corrected chi connectivity index (χ3v) is 2.98. The van der Waals surface area contributed by atoms with Crippen LogP contribution >= 0.6 is 0 Å². The Hall–Kier alpha value is -2.44. The molecule has 106 valence electrons. The summed E-state index contributed by atoms with van der Waals surface area (Å²) in [5, 5.41) is 11.3. The van der Waals surface area contributed by atoms with Gasteiger partial charge in [0.05, 0.1) is 0 Å². The van der Waals surface area contributed by atoms with E-state index >= 15 is 0 Å². The summed E-state index contributed by atoms with van der Waals surface area (Å²) in [5.74, 6) is -0.885. The lowest BCUT2D eigenvalue weighted by Gasteiger charge is -2.32. The van der Waals surface area contributed by atoms with E-state index in [9.17, 15) is 9.59 Å². The van der Waals surface area contributed by atoms with Gasteiger partial charge in [0.15, 0.2) is 0 Å². The summed E-state index contributed by atoms with van der Waals surface area (Å²) in [4.78, 5) is 32.3. The van der Waals surface area contributed by atoms with Gasteiger partial charge in [-0.1, -0.05) is 0 Å². The highest BCUT2D eigenvalue weighted by Gasteiger charge is 2.22. The first-order valence-electron chi connectivity index (χ1n) is 6.38. The standard InChI is InChI=1S/C13H16N4O3/c18-11(4-5-12(19)20)16-10-3-1-8-17(9-10)13-14-6-2-7-15-13/h2,4-7,10H,1,3,8-9H2,(H,16,18)(H,19,20)/b5-4+. The average molecular weight is 276 g/mol. The Morgan fingerprint density at radius 2 is 2.10 bits per heavy atom. The van der Waals surface area contributed by atoms with Crippen LogP contribution in [0.5, 0.6) is 0 Å². The molecule has 2 N–H and O–H groups in total. The van der Waals surface area contributed by atoms with E-state index in [4.69, 9.17) is 5.11 Å². The molecule has 7 heteroatoms. The number of carboxylic acids is 1. The average Bonchev–Trinajstić information content (AvgIpc) is 2.46. The highest BCUT2D eigenvalue weighted by molar-refractivity contribution is 5.94. The van der Waals surface area contributed by atoms with Crippen molar-refractivity contribution >= 4 is 17.8 Å². The monoisotopic (exact) mass is 276 g/mol. The molecule has 0 aromatic carbocycles. The quantitative estimate of drug-likeness (QED) is 0.763. The van der Waals surface area contributed by atoms with Crippen molar-refractivity contribution in [1.29, 1.82) is 0 Å². The first kappa shape index (κ1) is 14.0. The Bertz CT molecular complexity index is 504. The summed E-state index contributed by atoms with van der Waals surface area (Å²) in [7, 11) is 0. The van der Waals surface area contributed by atoms with Crippen molar-refractivity contribution in [2.45, 2.75) is 18.9 Å². The Kier molecular flexibility index (Phi) is 4.65. The molecule has 1 amide bonds. The Labute approximate surface area is 116 Å². The van der Waals surface area contributed by atoms with E-state index in [-0.39, 0.29) is 6.04 Å². The minimum Gasteiger partial charge on any atom is -0.478 e. The summed E-state index contributed by atoms with van der Waals surface area (Å²) in [5.41, 5.74) is 0. The molecule has 2 heterocycles. The molecule has 7 nitrogen and oxygen atoms in total. The lowest BCUT2D eigenvalue weighted by atomic mass is 10.1. The number of piperidine rings is 1. The number of carbonyl (C=O) groups is 2. The van der Waals surface area contributed by atoms with Crippen molar-refractivity contribution in [1.82, 2.24) is 15.3 Å². The third-order valence-electron chi connectivity index (χ3n) is 2.98. The second-order valence-corrected chi connectivity index (χ2v) is 4.51. The number of carboxylic acid groups (broad SMARTS) is 1. The van der Waals surface area contributed by atoms with Gasteiger partial charge in [0.2, 0.25) is 11.9 Å². The van der Waals surface area contributed by atoms with Gasteiger partial charge in [-0.25, -0.2) is 14.8 Å². The molecule has 0 bridgehead atoms. The lowest BCUT2D eigenvalue weighted by molar-refractivity contribution is -0.131. The molecule has 0 aliphatic carbocycles. The van der Waals surface area contributed by atoms with Crippen LogP contribution in [0.2, 0.25) is 0 Å². The fourth-order valence-electron chi connectivity index (χ4n) is 2.13. The highest BCUT2D eigenvalue weighted by atomic mass is 16.4. The van der Waals surface area contributed by atoms with E-state index in [1.54, 1.807) is 18.5 Å². The van der Waals surface area contributed by atoms with Gasteiger partial charge in [0.25, 0.3) is 0 Å². The Morgan fingerprint density at radius 3 is 2.80 bits per heavy atom. The van der Waals surface area contributed by atoms with Gasteiger partial charge in [-0.2, -0.15) is 0 Å². The number of hydrogen-bond donors (Lipinski definition) is 2. The second kappa shape index (κ2) is 6.65. The van der Waals surface area contributed by atoms with Gasteiger partial charge >= 0.3 is 5.97 Å². The van der Waals surface area contributed by atoms with Crippen molar-refractivity contribution in [2.75, 3.05) is 18.0 Å². The molecule has 0 spiro atoms. The number of hydrogen-bond acceptors (Lipinski definition) is 5. The van der Waals surface area contributed by atoms with Gasteiger partial charge < -0.3 is 15.3 Å². The molecule has 0 saturated carbocycles. The lowest BCUT2D eigenvalue weighted by Crippen LogP contribution is -2.48. The molecule has 0 radical (unpaired) electrons. The Morgan fingerprint density at radius 1 is 1.35 bits per heavy atom. The molecule has 20 heavy (non-hydrogen) atoms. The first-order chi connectivity index (χ1) is 9.65. The SMILES string of the molecule is O=C(O)/C=C/C(=O)NC1CCCN(c2ncccn2)C1. The maximum Gasteiger partial charge on any atom is 0.328 e. The molecule has 1 saturated heterocycles. The van der Waals surface area contributed by atoms with E-state index in [1.165, 1.54) is 0 Å². The predicted octanol–water partition coefficient (Wildman–Crippen LogP) is 0.202. The van der Waals surface area contributed by atoms with Crippen LogP contribution in [0.15, 0.2) is 30.6 Å². The predicted molar refractivity (Wildman–Crippen MR) is 72.2 cm³/mol. The summed E-state index contributed by atoms with van der Waals surface area (Å²) >= 11 is 0. The fraction of sp³-hybridized carbons (Fsp3) is 0.385. The van der Waals surface area contributed by atoms with Crippen molar-refractivity contribution in [3.63, 3.8) is 0 Å². The molecular formula is C13H16N4O3. The van der Waals surface area contributed by atoms with Crippen LogP contribution in [0, 0.1) is 0 Å². The molecule has 1 aromatic heterocycles. The van der Waals surface area contributed by atoms with E-state index < -0.39 is 11.9 Å². The number of aliphatic carboxylic acids is 1. The molecule has 1 aromatic rings. The zero-order valence-corrected chi connectivity index (χ0v) is 10.9. The topological polar surface area (TPSA) is 95.4 Å². The van der Waals surface area contributed by atoms with Crippen molar-refractivity contribution < 1.29 is 14.7 Å². The van der Waals surface area contributed by atoms with E-state index in [2.05, 4.69) is 15.3 Å². The summed E-state index contributed by atoms with van der Waals surface area (Å²) in [6, 6.07) is 1.72. The number of aromatic nitrogens is 2. The number of anilines is 1. The smallest absolute Gasteiger partial charge is 0.328 e. The molecule has 1 unspecified atom stereocenters. The molecule has 1 aliphatic rings. The number of nitrogens with zero attached hydrogens (tertiary/aromatic N) is 3. The van der Waals surface area contributed by atoms with Crippen LogP contribution < -0.4 is 10.2 Å². The molecule has 1 atom stereocenters. The second-order valence-electron chi connectivity index (χ2n) is 4.51. The van der Waals surface area contributed by atoms with Crippen molar-refractivity contribution in [3.05, 3.63) is 30.6 Å². The normalized spacial score (nSPS) is 19.0. The van der Waals surface area contributed by atoms with Gasteiger partial charge in [0.1, 0.15) is 0 Å². The van der Waals surface area contributed by atoms with E-state index in [0.717, 1.165) is 31.5 Å². The van der Waals surface area contributed by atoms with Crippen molar-refractivity contribution in [3.8, 4) is 0 Å². The summed E-state index contributed by atoms with van der Waals surface area (Å²) in [6.45, 7) is 1.47. The third kappa shape index (κ3) is 4.04. The zero-order chi connectivity index (χ0) is 14.4. The van der Waals surface area contributed by atoms with Crippen LogP contribution in [0.1, 0.15) is 12.8 Å². The summed E-state index contributed by atoms with van der Waals surface area (Å²) in [6.07, 6.45) is 7.00. The largest absolute Gasteiger partial charge is 0.478 e. The first-order valence-corrected chi connectivity index (χ1v) is 6.38. The number of nitrogens with one attached hydrogen (secondary N) is 1. The minimum absolute atomic E-state index is 0.0292. The van der Waals surface area contributed by atoms with Gasteiger partial charge in [-0.3, -0.25) is 4.79 Å². The fourth-order valence-corrected chi connectivity index (χ4v) is 2.13. The minimum atomic E-state index is -1.14. The van der Waals surface area contributed by atoms with Crippen LogP contribution in [-0.2, 0) is 9.59 Å². The zero-order valence-electron chi connectivity index (χ0n) is 10.9. The van der Waals surface area contributed by atoms with Crippen LogP contribution in [0.3, 0.4) is 0 Å². The number of rotatable bonds is 4. The maximum absolute atomic E-state index is 11.5. The Balaban J connectivity index is 1.91. The van der Waals surface area contributed by atoms with Crippen LogP contribution in [0.25, 0.3) is 0 Å². The van der Waals surface area contributed by atoms with E-state index in [0.29, 0.717) is 12.5 Å². The molecule has 1 aliphatic heterocycles. The van der Waals surface area contributed by atoms with Gasteiger partial charge in [-0.15, -0.1) is 0 Å². The molecule has 2 rings (SSSR count). The molecule has 1 fully saturated rings. The molecular weight excluding hydrogens is 260 g/mol. The summed E-state index contributed by atoms with van der Waals surface area (Å²) < 4.78 is 0. The maximum atomic E-state index is 11.5. The number of carbonyl (C=O) groups excluding carboxylic acids is 1. The number of amides is 1. The van der Waals surface area contributed by atoms with Crippen molar-refractivity contribution in [2.24, 2.45) is 0 Å². The van der Waals surface area contributed by atoms with E-state index in [1.807, 2.05) is 4.90 Å². The van der Waals surface area contributed by atoms with Gasteiger partial charge in [-0.05, 0) is 18.9 Å². The van der Waals surface area contributed by atoms with Crippen LogP contribution in [0.4, 0.5) is 5.95 Å². The highest BCUT2D eigenvalue weighted by Crippen LogP contribution is 2.15.